The summed E-state index contributed by atoms with van der Waals surface area (Å²) in [6.07, 6.45) is 0. The fourth-order valence-corrected chi connectivity index (χ4v) is 2.11. The highest BCUT2D eigenvalue weighted by Gasteiger charge is 2.06. The number of methoxy groups -OCH3 is 1. The van der Waals surface area contributed by atoms with Gasteiger partial charge >= 0.3 is 0 Å². The van der Waals surface area contributed by atoms with Crippen LogP contribution in [0.3, 0.4) is 0 Å². The van der Waals surface area contributed by atoms with Crippen molar-refractivity contribution in [3.63, 3.8) is 0 Å². The largest absolute Gasteiger partial charge is 0.496 e. The van der Waals surface area contributed by atoms with Gasteiger partial charge in [0.1, 0.15) is 5.75 Å². The van der Waals surface area contributed by atoms with Crippen molar-refractivity contribution in [1.82, 2.24) is 0 Å². The first kappa shape index (κ1) is 12.2. The summed E-state index contributed by atoms with van der Waals surface area (Å²) in [5.74, 6) is 1.96. The van der Waals surface area contributed by atoms with Crippen LogP contribution in [0.2, 0.25) is 0 Å². The molecule has 1 aromatic carbocycles. The van der Waals surface area contributed by atoms with E-state index in [0.29, 0.717) is 5.69 Å². The lowest BCUT2D eigenvalue weighted by Crippen LogP contribution is -2.03. The van der Waals surface area contributed by atoms with Gasteiger partial charge in [-0.2, -0.15) is 0 Å². The smallest absolute Gasteiger partial charge is 0.134 e. The third-order valence-corrected chi connectivity index (χ3v) is 3.41. The lowest BCUT2D eigenvalue weighted by atomic mass is 10.2. The third-order valence-electron chi connectivity index (χ3n) is 2.02. The summed E-state index contributed by atoms with van der Waals surface area (Å²) in [5.41, 5.74) is 6.36. The van der Waals surface area contributed by atoms with Crippen molar-refractivity contribution in [2.45, 2.75) is 11.8 Å². The van der Waals surface area contributed by atoms with E-state index in [0.717, 1.165) is 16.4 Å². The number of aliphatic hydroxyl groups is 1. The zero-order valence-corrected chi connectivity index (χ0v) is 9.88. The number of hydrogen-bond donors (Lipinski definition) is 2. The molecule has 0 saturated carbocycles. The van der Waals surface area contributed by atoms with Gasteiger partial charge in [0, 0.05) is 29.0 Å². The minimum atomic E-state index is 0.213. The van der Waals surface area contributed by atoms with Crippen molar-refractivity contribution < 1.29 is 9.84 Å². The molecule has 0 fully saturated rings. The Kier molecular flexibility index (Phi) is 4.78. The molecule has 3 nitrogen and oxygen atoms in total. The van der Waals surface area contributed by atoms with E-state index in [1.165, 1.54) is 0 Å². The van der Waals surface area contributed by atoms with Crippen molar-refractivity contribution in [2.75, 3.05) is 25.2 Å². The summed E-state index contributed by atoms with van der Waals surface area (Å²) in [4.78, 5) is 1.06. The number of aliphatic hydroxyl groups excluding tert-OH is 1. The number of rotatable bonds is 5. The average Bonchev–Trinajstić information content (AvgIpc) is 2.26. The molecule has 1 aromatic rings. The average molecular weight is 227 g/mol. The van der Waals surface area contributed by atoms with Crippen molar-refractivity contribution in [3.05, 3.63) is 18.2 Å². The second-order valence-corrected chi connectivity index (χ2v) is 4.57. The van der Waals surface area contributed by atoms with E-state index < -0.39 is 0 Å². The molecule has 0 aromatic heterocycles. The number of thioether (sulfide) groups is 1. The molecule has 0 radical (unpaired) electrons. The predicted molar refractivity (Wildman–Crippen MR) is 64.4 cm³/mol. The standard InChI is InChI=1S/C11H17NO2S/c1-8(6-13)7-15-11-4-3-9(12)5-10(11)14-2/h3-5,8,13H,6-7,12H2,1-2H3. The van der Waals surface area contributed by atoms with Gasteiger partial charge < -0.3 is 15.6 Å². The summed E-state index contributed by atoms with van der Waals surface area (Å²) in [6, 6.07) is 5.61. The quantitative estimate of drug-likeness (QED) is 0.596. The van der Waals surface area contributed by atoms with Crippen LogP contribution in [0.5, 0.6) is 5.75 Å². The van der Waals surface area contributed by atoms with Crippen molar-refractivity contribution in [1.29, 1.82) is 0 Å². The van der Waals surface area contributed by atoms with E-state index in [1.807, 2.05) is 25.1 Å². The van der Waals surface area contributed by atoms with Gasteiger partial charge in [0.05, 0.1) is 7.11 Å². The molecule has 84 valence electrons. The zero-order chi connectivity index (χ0) is 11.3. The van der Waals surface area contributed by atoms with Crippen LogP contribution in [-0.4, -0.2) is 24.6 Å². The first-order valence-corrected chi connectivity index (χ1v) is 5.83. The number of benzene rings is 1. The molecular formula is C11H17NO2S. The Morgan fingerprint density at radius 2 is 2.27 bits per heavy atom. The fourth-order valence-electron chi connectivity index (χ4n) is 1.09. The first-order chi connectivity index (χ1) is 7.17. The summed E-state index contributed by atoms with van der Waals surface area (Å²) in [6.45, 7) is 2.22. The molecule has 4 heteroatoms. The number of nitrogen functional groups attached to an aromatic ring is 1. The summed E-state index contributed by atoms with van der Waals surface area (Å²) < 4.78 is 5.23. The maximum atomic E-state index is 8.92. The minimum Gasteiger partial charge on any atom is -0.496 e. The molecule has 0 amide bonds. The molecule has 1 rings (SSSR count). The van der Waals surface area contributed by atoms with Gasteiger partial charge in [-0.25, -0.2) is 0 Å². The molecule has 1 unspecified atom stereocenters. The van der Waals surface area contributed by atoms with Crippen molar-refractivity contribution in [3.8, 4) is 5.75 Å². The highest BCUT2D eigenvalue weighted by molar-refractivity contribution is 7.99. The van der Waals surface area contributed by atoms with Crippen molar-refractivity contribution >= 4 is 17.4 Å². The van der Waals surface area contributed by atoms with Crippen LogP contribution in [-0.2, 0) is 0 Å². The maximum Gasteiger partial charge on any atom is 0.134 e. The third kappa shape index (κ3) is 3.64. The van der Waals surface area contributed by atoms with Crippen LogP contribution < -0.4 is 10.5 Å². The molecule has 0 bridgehead atoms. The Hall–Kier alpha value is -0.870. The molecule has 1 atom stereocenters. The minimum absolute atomic E-state index is 0.213. The second-order valence-electron chi connectivity index (χ2n) is 3.51. The van der Waals surface area contributed by atoms with Crippen LogP contribution in [0.4, 0.5) is 5.69 Å². The van der Waals surface area contributed by atoms with E-state index in [1.54, 1.807) is 18.9 Å². The number of ether oxygens (including phenoxy) is 1. The molecule has 15 heavy (non-hydrogen) atoms. The molecule has 0 heterocycles. The van der Waals surface area contributed by atoms with E-state index in [4.69, 9.17) is 15.6 Å². The Morgan fingerprint density at radius 1 is 1.53 bits per heavy atom. The van der Waals surface area contributed by atoms with E-state index >= 15 is 0 Å². The molecule has 0 aliphatic heterocycles. The van der Waals surface area contributed by atoms with E-state index in [2.05, 4.69) is 0 Å². The number of anilines is 1. The summed E-state index contributed by atoms with van der Waals surface area (Å²) in [7, 11) is 1.63. The highest BCUT2D eigenvalue weighted by Crippen LogP contribution is 2.31. The van der Waals surface area contributed by atoms with Crippen LogP contribution in [0.25, 0.3) is 0 Å². The van der Waals surface area contributed by atoms with E-state index in [9.17, 15) is 0 Å². The molecule has 0 aliphatic carbocycles. The molecule has 0 saturated heterocycles. The van der Waals surface area contributed by atoms with Crippen LogP contribution in [0.1, 0.15) is 6.92 Å². The Morgan fingerprint density at radius 3 is 2.87 bits per heavy atom. The van der Waals surface area contributed by atoms with E-state index in [-0.39, 0.29) is 12.5 Å². The SMILES string of the molecule is COc1cc(N)ccc1SCC(C)CO. The Balaban J connectivity index is 2.67. The van der Waals surface area contributed by atoms with Crippen LogP contribution >= 0.6 is 11.8 Å². The lowest BCUT2D eigenvalue weighted by molar-refractivity contribution is 0.250. The normalized spacial score (nSPS) is 12.5. The predicted octanol–water partition coefficient (Wildman–Crippen LogP) is 2.00. The molecular weight excluding hydrogens is 210 g/mol. The molecule has 0 aliphatic rings. The molecule has 0 spiro atoms. The Bertz CT molecular complexity index is 317. The van der Waals surface area contributed by atoms with Crippen LogP contribution in [0, 0.1) is 5.92 Å². The van der Waals surface area contributed by atoms with Gasteiger partial charge in [-0.1, -0.05) is 6.92 Å². The monoisotopic (exact) mass is 227 g/mol. The number of hydrogen-bond acceptors (Lipinski definition) is 4. The first-order valence-electron chi connectivity index (χ1n) is 4.84. The van der Waals surface area contributed by atoms with Gasteiger partial charge in [-0.3, -0.25) is 0 Å². The summed E-state index contributed by atoms with van der Waals surface area (Å²) >= 11 is 1.67. The Labute approximate surface area is 94.6 Å². The molecule has 3 N–H and O–H groups in total. The lowest BCUT2D eigenvalue weighted by Gasteiger charge is -2.11. The van der Waals surface area contributed by atoms with Gasteiger partial charge in [-0.15, -0.1) is 11.8 Å². The van der Waals surface area contributed by atoms with Crippen molar-refractivity contribution in [2.24, 2.45) is 5.92 Å². The highest BCUT2D eigenvalue weighted by atomic mass is 32.2. The number of nitrogens with two attached hydrogens (primary N) is 1. The van der Waals surface area contributed by atoms with Gasteiger partial charge in [-0.05, 0) is 18.1 Å². The fraction of sp³-hybridized carbons (Fsp3) is 0.455. The van der Waals surface area contributed by atoms with Gasteiger partial charge in [0.2, 0.25) is 0 Å². The van der Waals surface area contributed by atoms with Gasteiger partial charge in [0.25, 0.3) is 0 Å². The summed E-state index contributed by atoms with van der Waals surface area (Å²) in [5, 5.41) is 8.92. The zero-order valence-electron chi connectivity index (χ0n) is 9.06. The van der Waals surface area contributed by atoms with Crippen LogP contribution in [0.15, 0.2) is 23.1 Å². The second kappa shape index (κ2) is 5.88. The topological polar surface area (TPSA) is 55.5 Å². The maximum absolute atomic E-state index is 8.92. The van der Waals surface area contributed by atoms with Gasteiger partial charge in [0.15, 0.2) is 0 Å².